The molecule has 1 fully saturated rings. The fraction of sp³-hybridized carbons (Fsp3) is 0.455. The molecule has 0 aliphatic carbocycles. The highest BCUT2D eigenvalue weighted by molar-refractivity contribution is 6.42. The van der Waals surface area contributed by atoms with Gasteiger partial charge < -0.3 is 9.64 Å². The van der Waals surface area contributed by atoms with Crippen LogP contribution in [0.5, 0.6) is 0 Å². The van der Waals surface area contributed by atoms with Gasteiger partial charge in [0, 0.05) is 19.1 Å². The lowest BCUT2D eigenvalue weighted by atomic mass is 9.83. The van der Waals surface area contributed by atoms with Crippen LogP contribution < -0.4 is 0 Å². The average Bonchev–Trinajstić information content (AvgIpc) is 3.02. The molecule has 0 aromatic heterocycles. The van der Waals surface area contributed by atoms with Crippen LogP contribution in [0.1, 0.15) is 42.9 Å². The molecule has 2 nitrogen and oxygen atoms in total. The lowest BCUT2D eigenvalue weighted by molar-refractivity contribution is -0.0837. The van der Waals surface area contributed by atoms with Gasteiger partial charge in [0.05, 0.1) is 22.3 Å². The molecule has 4 rings (SSSR count). The SMILES string of the molecule is CC(CCc1ccc(Cl)c(Cl)c1)N1CCC2(CC1)OCc1ccccc12. The van der Waals surface area contributed by atoms with Crippen molar-refractivity contribution in [1.82, 2.24) is 4.90 Å². The van der Waals surface area contributed by atoms with E-state index < -0.39 is 0 Å². The molecule has 1 spiro atoms. The molecule has 0 bridgehead atoms. The van der Waals surface area contributed by atoms with Crippen LogP contribution >= 0.6 is 23.2 Å². The van der Waals surface area contributed by atoms with Crippen molar-refractivity contribution >= 4 is 23.2 Å². The first-order valence-electron chi connectivity index (χ1n) is 9.48. The van der Waals surface area contributed by atoms with Crippen molar-refractivity contribution in [2.24, 2.45) is 0 Å². The Labute approximate surface area is 166 Å². The normalized spacial score (nSPS) is 20.3. The zero-order chi connectivity index (χ0) is 18.1. The Bertz CT molecular complexity index is 783. The van der Waals surface area contributed by atoms with E-state index in [0.717, 1.165) is 45.4 Å². The molecule has 2 aromatic rings. The number of aryl methyl sites for hydroxylation is 1. The van der Waals surface area contributed by atoms with Gasteiger partial charge in [0.25, 0.3) is 0 Å². The maximum Gasteiger partial charge on any atom is 0.0963 e. The number of rotatable bonds is 4. The van der Waals surface area contributed by atoms with Crippen molar-refractivity contribution in [2.45, 2.75) is 50.9 Å². The minimum absolute atomic E-state index is 0.0451. The standard InChI is InChI=1S/C22H25Cl2NO/c1-16(6-7-17-8-9-20(23)21(24)14-17)25-12-10-22(11-13-25)19-5-3-2-4-18(19)15-26-22/h2-5,8-9,14,16H,6-7,10-13,15H2,1H3. The molecule has 1 unspecified atom stereocenters. The molecule has 2 aromatic carbocycles. The third-order valence-electron chi connectivity index (χ3n) is 6.08. The van der Waals surface area contributed by atoms with E-state index in [9.17, 15) is 0 Å². The fourth-order valence-electron chi connectivity index (χ4n) is 4.38. The number of halogens is 2. The van der Waals surface area contributed by atoms with Crippen molar-refractivity contribution < 1.29 is 4.74 Å². The predicted molar refractivity (Wildman–Crippen MR) is 108 cm³/mol. The van der Waals surface area contributed by atoms with Crippen molar-refractivity contribution in [3.05, 3.63) is 69.2 Å². The summed E-state index contributed by atoms with van der Waals surface area (Å²) in [6, 6.07) is 15.2. The molecular weight excluding hydrogens is 365 g/mol. The lowest BCUT2D eigenvalue weighted by Gasteiger charge is -2.41. The molecule has 2 aliphatic heterocycles. The van der Waals surface area contributed by atoms with E-state index in [2.05, 4.69) is 42.2 Å². The predicted octanol–water partition coefficient (Wildman–Crippen LogP) is 5.84. The smallest absolute Gasteiger partial charge is 0.0963 e. The second-order valence-corrected chi connectivity index (χ2v) is 8.43. The molecule has 138 valence electrons. The summed E-state index contributed by atoms with van der Waals surface area (Å²) in [7, 11) is 0. The van der Waals surface area contributed by atoms with Crippen LogP contribution in [0.25, 0.3) is 0 Å². The Balaban J connectivity index is 1.34. The molecule has 0 amide bonds. The van der Waals surface area contributed by atoms with Crippen molar-refractivity contribution in [3.8, 4) is 0 Å². The molecule has 26 heavy (non-hydrogen) atoms. The lowest BCUT2D eigenvalue weighted by Crippen LogP contribution is -2.46. The van der Waals surface area contributed by atoms with Gasteiger partial charge in [-0.25, -0.2) is 0 Å². The molecule has 2 aliphatic rings. The van der Waals surface area contributed by atoms with Crippen molar-refractivity contribution in [3.63, 3.8) is 0 Å². The molecule has 1 atom stereocenters. The molecule has 4 heteroatoms. The van der Waals surface area contributed by atoms with Crippen molar-refractivity contribution in [2.75, 3.05) is 13.1 Å². The zero-order valence-corrected chi connectivity index (χ0v) is 16.7. The molecule has 0 N–H and O–H groups in total. The number of ether oxygens (including phenoxy) is 1. The first-order chi connectivity index (χ1) is 12.6. The number of fused-ring (bicyclic) bond motifs is 2. The minimum atomic E-state index is -0.0451. The second kappa shape index (κ2) is 7.52. The van der Waals surface area contributed by atoms with E-state index in [1.165, 1.54) is 16.7 Å². The first kappa shape index (κ1) is 18.3. The number of benzene rings is 2. The van der Waals surface area contributed by atoms with Crippen LogP contribution in [0.2, 0.25) is 10.0 Å². The molecular formula is C22H25Cl2NO. The van der Waals surface area contributed by atoms with E-state index in [0.29, 0.717) is 16.1 Å². The molecule has 2 heterocycles. The van der Waals surface area contributed by atoms with Gasteiger partial charge in [0.1, 0.15) is 0 Å². The largest absolute Gasteiger partial charge is 0.365 e. The van der Waals surface area contributed by atoms with Crippen LogP contribution in [0.3, 0.4) is 0 Å². The van der Waals surface area contributed by atoms with Crippen LogP contribution in [0.15, 0.2) is 42.5 Å². The summed E-state index contributed by atoms with van der Waals surface area (Å²) >= 11 is 12.1. The van der Waals surface area contributed by atoms with E-state index in [-0.39, 0.29) is 5.60 Å². The van der Waals surface area contributed by atoms with Gasteiger partial charge in [-0.2, -0.15) is 0 Å². The maximum atomic E-state index is 6.28. The summed E-state index contributed by atoms with van der Waals surface area (Å²) in [5, 5.41) is 1.27. The van der Waals surface area contributed by atoms with E-state index >= 15 is 0 Å². The Hall–Kier alpha value is -1.06. The first-order valence-corrected chi connectivity index (χ1v) is 10.2. The van der Waals surface area contributed by atoms with Gasteiger partial charge in [-0.05, 0) is 61.4 Å². The second-order valence-electron chi connectivity index (χ2n) is 7.61. The summed E-state index contributed by atoms with van der Waals surface area (Å²) in [6.07, 6.45) is 4.32. The van der Waals surface area contributed by atoms with E-state index in [1.54, 1.807) is 0 Å². The summed E-state index contributed by atoms with van der Waals surface area (Å²) in [4.78, 5) is 2.60. The van der Waals surface area contributed by atoms with Gasteiger partial charge in [-0.1, -0.05) is 53.5 Å². The minimum Gasteiger partial charge on any atom is -0.365 e. The van der Waals surface area contributed by atoms with Crippen molar-refractivity contribution in [1.29, 1.82) is 0 Å². The molecule has 0 saturated carbocycles. The van der Waals surface area contributed by atoms with Gasteiger partial charge in [0.2, 0.25) is 0 Å². The Kier molecular flexibility index (Phi) is 5.29. The van der Waals surface area contributed by atoms with E-state index in [1.807, 2.05) is 12.1 Å². The topological polar surface area (TPSA) is 12.5 Å². The summed E-state index contributed by atoms with van der Waals surface area (Å²) in [5.74, 6) is 0. The quantitative estimate of drug-likeness (QED) is 0.651. The number of hydrogen-bond donors (Lipinski definition) is 0. The number of hydrogen-bond acceptors (Lipinski definition) is 2. The zero-order valence-electron chi connectivity index (χ0n) is 15.2. The maximum absolute atomic E-state index is 6.28. The highest BCUT2D eigenvalue weighted by Crippen LogP contribution is 2.44. The number of nitrogens with zero attached hydrogens (tertiary/aromatic N) is 1. The average molecular weight is 390 g/mol. The summed E-state index contributed by atoms with van der Waals surface area (Å²) in [6.45, 7) is 5.29. The van der Waals surface area contributed by atoms with Crippen LogP contribution in [-0.4, -0.2) is 24.0 Å². The third-order valence-corrected chi connectivity index (χ3v) is 6.82. The van der Waals surface area contributed by atoms with E-state index in [4.69, 9.17) is 27.9 Å². The van der Waals surface area contributed by atoms with Crippen LogP contribution in [0.4, 0.5) is 0 Å². The molecule has 1 saturated heterocycles. The van der Waals surface area contributed by atoms with Gasteiger partial charge >= 0.3 is 0 Å². The number of piperidine rings is 1. The molecule has 0 radical (unpaired) electrons. The number of likely N-dealkylation sites (tertiary alicyclic amines) is 1. The Morgan fingerprint density at radius 2 is 1.85 bits per heavy atom. The third kappa shape index (κ3) is 3.53. The van der Waals surface area contributed by atoms with Gasteiger partial charge in [-0.15, -0.1) is 0 Å². The monoisotopic (exact) mass is 389 g/mol. The van der Waals surface area contributed by atoms with Crippen LogP contribution in [0, 0.1) is 0 Å². The highest BCUT2D eigenvalue weighted by atomic mass is 35.5. The summed E-state index contributed by atoms with van der Waals surface area (Å²) < 4.78 is 6.28. The highest BCUT2D eigenvalue weighted by Gasteiger charge is 2.42. The van der Waals surface area contributed by atoms with Gasteiger partial charge in [0.15, 0.2) is 0 Å². The Morgan fingerprint density at radius 1 is 1.08 bits per heavy atom. The fourth-order valence-corrected chi connectivity index (χ4v) is 4.70. The van der Waals surface area contributed by atoms with Crippen LogP contribution in [-0.2, 0) is 23.4 Å². The Morgan fingerprint density at radius 3 is 2.62 bits per heavy atom. The summed E-state index contributed by atoms with van der Waals surface area (Å²) in [5.41, 5.74) is 4.00. The van der Waals surface area contributed by atoms with Gasteiger partial charge in [-0.3, -0.25) is 0 Å².